The standard InChI is InChI=1S/C13H16N4O/c1-2-10-8-11(17-16-10)15-13(18)12(14)9-6-4-3-5-7-9/h3-8,12H,2,14H2,1H3,(H2,15,16,17,18)/t12-/m1/s1. The summed E-state index contributed by atoms with van der Waals surface area (Å²) < 4.78 is 0. The van der Waals surface area contributed by atoms with E-state index < -0.39 is 6.04 Å². The molecule has 5 nitrogen and oxygen atoms in total. The Morgan fingerprint density at radius 2 is 2.17 bits per heavy atom. The Morgan fingerprint density at radius 3 is 2.78 bits per heavy atom. The second-order valence-electron chi connectivity index (χ2n) is 4.01. The summed E-state index contributed by atoms with van der Waals surface area (Å²) in [6.07, 6.45) is 0.841. The first kappa shape index (κ1) is 12.3. The quantitative estimate of drug-likeness (QED) is 0.764. The van der Waals surface area contributed by atoms with E-state index in [1.165, 1.54) is 0 Å². The third-order valence-electron chi connectivity index (χ3n) is 2.70. The molecular formula is C13H16N4O. The summed E-state index contributed by atoms with van der Waals surface area (Å²) in [6, 6.07) is 10.4. The Morgan fingerprint density at radius 1 is 1.44 bits per heavy atom. The number of rotatable bonds is 4. The second-order valence-corrected chi connectivity index (χ2v) is 4.01. The first-order chi connectivity index (χ1) is 8.70. The molecule has 0 saturated heterocycles. The van der Waals surface area contributed by atoms with Gasteiger partial charge in [0.15, 0.2) is 5.82 Å². The van der Waals surface area contributed by atoms with Crippen molar-refractivity contribution < 1.29 is 4.79 Å². The number of carbonyl (C=O) groups is 1. The number of aryl methyl sites for hydroxylation is 1. The van der Waals surface area contributed by atoms with Crippen LogP contribution >= 0.6 is 0 Å². The topological polar surface area (TPSA) is 83.8 Å². The highest BCUT2D eigenvalue weighted by Crippen LogP contribution is 2.13. The maximum atomic E-state index is 11.9. The summed E-state index contributed by atoms with van der Waals surface area (Å²) in [5.74, 6) is 0.235. The lowest BCUT2D eigenvalue weighted by molar-refractivity contribution is -0.117. The van der Waals surface area contributed by atoms with Gasteiger partial charge in [0.2, 0.25) is 5.91 Å². The molecule has 5 heteroatoms. The number of carbonyl (C=O) groups excluding carboxylic acids is 1. The van der Waals surface area contributed by atoms with Crippen molar-refractivity contribution in [2.24, 2.45) is 5.73 Å². The second kappa shape index (κ2) is 5.46. The molecule has 94 valence electrons. The minimum atomic E-state index is -0.687. The van der Waals surface area contributed by atoms with Gasteiger partial charge in [-0.25, -0.2) is 0 Å². The highest BCUT2D eigenvalue weighted by atomic mass is 16.2. The molecular weight excluding hydrogens is 228 g/mol. The number of aromatic nitrogens is 2. The first-order valence-electron chi connectivity index (χ1n) is 5.86. The van der Waals surface area contributed by atoms with Gasteiger partial charge in [-0.15, -0.1) is 0 Å². The summed E-state index contributed by atoms with van der Waals surface area (Å²) in [7, 11) is 0. The number of benzene rings is 1. The van der Waals surface area contributed by atoms with Crippen molar-refractivity contribution in [1.29, 1.82) is 0 Å². The maximum Gasteiger partial charge on any atom is 0.247 e. The van der Waals surface area contributed by atoms with E-state index >= 15 is 0 Å². The number of anilines is 1. The van der Waals surface area contributed by atoms with Crippen LogP contribution in [0.5, 0.6) is 0 Å². The number of hydrogen-bond donors (Lipinski definition) is 3. The normalized spacial score (nSPS) is 12.1. The van der Waals surface area contributed by atoms with E-state index in [-0.39, 0.29) is 5.91 Å². The van der Waals surface area contributed by atoms with E-state index in [1.807, 2.05) is 37.3 Å². The highest BCUT2D eigenvalue weighted by molar-refractivity contribution is 5.94. The van der Waals surface area contributed by atoms with E-state index in [1.54, 1.807) is 6.07 Å². The number of H-pyrrole nitrogens is 1. The molecule has 0 fully saturated rings. The van der Waals surface area contributed by atoms with Crippen LogP contribution in [0.2, 0.25) is 0 Å². The summed E-state index contributed by atoms with van der Waals surface area (Å²) in [5.41, 5.74) is 7.63. The Kier molecular flexibility index (Phi) is 3.74. The molecule has 0 aliphatic rings. The largest absolute Gasteiger partial charge is 0.316 e. The van der Waals surface area contributed by atoms with Crippen LogP contribution in [0.4, 0.5) is 5.82 Å². The molecule has 1 aromatic carbocycles. The van der Waals surface area contributed by atoms with Crippen LogP contribution in [0.25, 0.3) is 0 Å². The SMILES string of the molecule is CCc1cc(NC(=O)[C@H](N)c2ccccc2)n[nH]1. The number of amides is 1. The lowest BCUT2D eigenvalue weighted by Gasteiger charge is -2.10. The van der Waals surface area contributed by atoms with Crippen LogP contribution in [0.1, 0.15) is 24.2 Å². The van der Waals surface area contributed by atoms with Gasteiger partial charge in [-0.1, -0.05) is 37.3 Å². The van der Waals surface area contributed by atoms with E-state index in [0.29, 0.717) is 5.82 Å². The molecule has 1 atom stereocenters. The van der Waals surface area contributed by atoms with Crippen molar-refractivity contribution >= 4 is 11.7 Å². The van der Waals surface area contributed by atoms with Crippen molar-refractivity contribution in [1.82, 2.24) is 10.2 Å². The average molecular weight is 244 g/mol. The zero-order valence-corrected chi connectivity index (χ0v) is 10.2. The number of hydrogen-bond acceptors (Lipinski definition) is 3. The summed E-state index contributed by atoms with van der Waals surface area (Å²) in [4.78, 5) is 11.9. The molecule has 4 N–H and O–H groups in total. The number of nitrogens with one attached hydrogen (secondary N) is 2. The van der Waals surface area contributed by atoms with E-state index in [2.05, 4.69) is 15.5 Å². The maximum absolute atomic E-state index is 11.9. The molecule has 1 aromatic heterocycles. The van der Waals surface area contributed by atoms with Crippen LogP contribution in [0.3, 0.4) is 0 Å². The van der Waals surface area contributed by atoms with Crippen LogP contribution in [0.15, 0.2) is 36.4 Å². The Balaban J connectivity index is 2.04. The Labute approximate surface area is 105 Å². The lowest BCUT2D eigenvalue weighted by Crippen LogP contribution is -2.27. The van der Waals surface area contributed by atoms with Crippen LogP contribution in [-0.2, 0) is 11.2 Å². The molecule has 1 amide bonds. The molecule has 0 unspecified atom stereocenters. The minimum Gasteiger partial charge on any atom is -0.316 e. The minimum absolute atomic E-state index is 0.268. The van der Waals surface area contributed by atoms with Gasteiger partial charge in [-0.05, 0) is 12.0 Å². The molecule has 1 heterocycles. The summed E-state index contributed by atoms with van der Waals surface area (Å²) >= 11 is 0. The number of nitrogens with zero attached hydrogens (tertiary/aromatic N) is 1. The van der Waals surface area contributed by atoms with Gasteiger partial charge in [0.25, 0.3) is 0 Å². The van der Waals surface area contributed by atoms with E-state index in [4.69, 9.17) is 5.73 Å². The molecule has 0 aliphatic carbocycles. The van der Waals surface area contributed by atoms with Crippen LogP contribution < -0.4 is 11.1 Å². The fourth-order valence-corrected chi connectivity index (χ4v) is 1.62. The van der Waals surface area contributed by atoms with E-state index in [9.17, 15) is 4.79 Å². The van der Waals surface area contributed by atoms with Crippen molar-refractivity contribution in [3.8, 4) is 0 Å². The van der Waals surface area contributed by atoms with Crippen molar-refractivity contribution in [2.45, 2.75) is 19.4 Å². The zero-order valence-electron chi connectivity index (χ0n) is 10.2. The molecule has 0 radical (unpaired) electrons. The predicted molar refractivity (Wildman–Crippen MR) is 70.0 cm³/mol. The Bertz CT molecular complexity index is 521. The third-order valence-corrected chi connectivity index (χ3v) is 2.70. The van der Waals surface area contributed by atoms with Crippen LogP contribution in [0, 0.1) is 0 Å². The molecule has 2 aromatic rings. The summed E-state index contributed by atoms with van der Waals surface area (Å²) in [6.45, 7) is 2.01. The fourth-order valence-electron chi connectivity index (χ4n) is 1.62. The fraction of sp³-hybridized carbons (Fsp3) is 0.231. The van der Waals surface area contributed by atoms with Crippen LogP contribution in [-0.4, -0.2) is 16.1 Å². The monoisotopic (exact) mass is 244 g/mol. The molecule has 0 spiro atoms. The zero-order chi connectivity index (χ0) is 13.0. The van der Waals surface area contributed by atoms with Gasteiger partial charge in [-0.3, -0.25) is 9.89 Å². The van der Waals surface area contributed by atoms with E-state index in [0.717, 1.165) is 17.7 Å². The van der Waals surface area contributed by atoms with Gasteiger partial charge >= 0.3 is 0 Å². The summed E-state index contributed by atoms with van der Waals surface area (Å²) in [5, 5.41) is 9.51. The third kappa shape index (κ3) is 2.75. The van der Waals surface area contributed by atoms with Gasteiger partial charge in [0, 0.05) is 11.8 Å². The highest BCUT2D eigenvalue weighted by Gasteiger charge is 2.16. The van der Waals surface area contributed by atoms with Gasteiger partial charge < -0.3 is 11.1 Å². The number of aromatic amines is 1. The van der Waals surface area contributed by atoms with Gasteiger partial charge in [0.1, 0.15) is 6.04 Å². The first-order valence-corrected chi connectivity index (χ1v) is 5.86. The van der Waals surface area contributed by atoms with Gasteiger partial charge in [0.05, 0.1) is 0 Å². The van der Waals surface area contributed by atoms with Crippen molar-refractivity contribution in [3.63, 3.8) is 0 Å². The van der Waals surface area contributed by atoms with Gasteiger partial charge in [-0.2, -0.15) is 5.10 Å². The number of nitrogens with two attached hydrogens (primary N) is 1. The molecule has 0 bridgehead atoms. The molecule has 0 saturated carbocycles. The molecule has 2 rings (SSSR count). The lowest BCUT2D eigenvalue weighted by atomic mass is 10.1. The molecule has 18 heavy (non-hydrogen) atoms. The average Bonchev–Trinajstić information content (AvgIpc) is 2.86. The van der Waals surface area contributed by atoms with Crippen molar-refractivity contribution in [3.05, 3.63) is 47.7 Å². The molecule has 0 aliphatic heterocycles. The Hall–Kier alpha value is -2.14. The van der Waals surface area contributed by atoms with Crippen molar-refractivity contribution in [2.75, 3.05) is 5.32 Å². The smallest absolute Gasteiger partial charge is 0.247 e. The predicted octanol–water partition coefficient (Wildman–Crippen LogP) is 1.61.